The molecule has 102 valence electrons. The van der Waals surface area contributed by atoms with Gasteiger partial charge in [0.05, 0.1) is 6.61 Å². The molecular formula is C16H26O2. The number of fused-ring (bicyclic) bond motifs is 1. The lowest BCUT2D eigenvalue weighted by Gasteiger charge is -2.39. The summed E-state index contributed by atoms with van der Waals surface area (Å²) in [7, 11) is 0. The molecule has 2 nitrogen and oxygen atoms in total. The summed E-state index contributed by atoms with van der Waals surface area (Å²) < 4.78 is 5.48. The van der Waals surface area contributed by atoms with Crippen LogP contribution in [0.1, 0.15) is 57.8 Å². The summed E-state index contributed by atoms with van der Waals surface area (Å²) in [4.78, 5) is 12.5. The van der Waals surface area contributed by atoms with Gasteiger partial charge in [-0.3, -0.25) is 4.79 Å². The van der Waals surface area contributed by atoms with Crippen molar-refractivity contribution in [3.63, 3.8) is 0 Å². The molecule has 4 unspecified atom stereocenters. The Morgan fingerprint density at radius 2 is 1.67 bits per heavy atom. The first-order chi connectivity index (χ1) is 8.84. The largest absolute Gasteiger partial charge is 0.381 e. The van der Waals surface area contributed by atoms with Crippen molar-refractivity contribution in [1.29, 1.82) is 0 Å². The Hall–Kier alpha value is -0.370. The molecule has 0 radical (unpaired) electrons. The first-order valence-electron chi connectivity index (χ1n) is 7.96. The van der Waals surface area contributed by atoms with Crippen LogP contribution in [0.5, 0.6) is 0 Å². The predicted molar refractivity (Wildman–Crippen MR) is 71.3 cm³/mol. The van der Waals surface area contributed by atoms with E-state index >= 15 is 0 Å². The van der Waals surface area contributed by atoms with Crippen molar-refractivity contribution in [2.24, 2.45) is 23.7 Å². The summed E-state index contributed by atoms with van der Waals surface area (Å²) in [6.45, 7) is 1.56. The fraction of sp³-hybridized carbons (Fsp3) is 0.938. The summed E-state index contributed by atoms with van der Waals surface area (Å²) in [5.41, 5.74) is 0. The van der Waals surface area contributed by atoms with Gasteiger partial charge >= 0.3 is 0 Å². The number of ketones is 1. The van der Waals surface area contributed by atoms with E-state index in [2.05, 4.69) is 0 Å². The Morgan fingerprint density at radius 1 is 0.833 bits per heavy atom. The Morgan fingerprint density at radius 3 is 2.44 bits per heavy atom. The zero-order chi connectivity index (χ0) is 12.4. The zero-order valence-electron chi connectivity index (χ0n) is 11.4. The number of Topliss-reactive ketones (excluding diaryl/α,β-unsaturated/α-hetero) is 1. The zero-order valence-corrected chi connectivity index (χ0v) is 11.4. The second-order valence-corrected chi connectivity index (χ2v) is 6.63. The molecule has 3 rings (SSSR count). The van der Waals surface area contributed by atoms with Gasteiger partial charge in [0.25, 0.3) is 0 Å². The highest BCUT2D eigenvalue weighted by Crippen LogP contribution is 2.43. The van der Waals surface area contributed by atoms with Crippen molar-refractivity contribution >= 4 is 5.78 Å². The molecule has 2 heteroatoms. The van der Waals surface area contributed by atoms with Crippen LogP contribution in [0.15, 0.2) is 0 Å². The maximum Gasteiger partial charge on any atom is 0.141 e. The molecule has 0 amide bonds. The molecule has 2 aliphatic carbocycles. The number of hydrogen-bond donors (Lipinski definition) is 0. The number of hydrogen-bond acceptors (Lipinski definition) is 2. The average Bonchev–Trinajstić information content (AvgIpc) is 2.47. The molecule has 1 heterocycles. The van der Waals surface area contributed by atoms with Crippen LogP contribution in [0, 0.1) is 23.7 Å². The van der Waals surface area contributed by atoms with Gasteiger partial charge in [-0.1, -0.05) is 25.7 Å². The maximum atomic E-state index is 12.5. The highest BCUT2D eigenvalue weighted by Gasteiger charge is 2.37. The molecule has 4 atom stereocenters. The molecular weight excluding hydrogens is 224 g/mol. The van der Waals surface area contributed by atoms with Crippen molar-refractivity contribution in [3.05, 3.63) is 0 Å². The van der Waals surface area contributed by atoms with Crippen molar-refractivity contribution in [1.82, 2.24) is 0 Å². The van der Waals surface area contributed by atoms with Crippen LogP contribution in [-0.2, 0) is 9.53 Å². The molecule has 0 aromatic carbocycles. The standard InChI is InChI=1S/C16H26O2/c17-16(15-6-3-9-18-11-15)14-8-7-12-4-1-2-5-13(12)10-14/h12-15H,1-11H2. The maximum absolute atomic E-state index is 12.5. The molecule has 0 bridgehead atoms. The lowest BCUT2D eigenvalue weighted by molar-refractivity contribution is -0.133. The van der Waals surface area contributed by atoms with E-state index in [0.717, 1.165) is 37.7 Å². The highest BCUT2D eigenvalue weighted by molar-refractivity contribution is 5.83. The molecule has 1 saturated heterocycles. The van der Waals surface area contributed by atoms with E-state index in [1.54, 1.807) is 0 Å². The van der Waals surface area contributed by atoms with E-state index in [-0.39, 0.29) is 5.92 Å². The van der Waals surface area contributed by atoms with Crippen LogP contribution in [0.25, 0.3) is 0 Å². The van der Waals surface area contributed by atoms with Gasteiger partial charge in [-0.25, -0.2) is 0 Å². The molecule has 0 N–H and O–H groups in total. The van der Waals surface area contributed by atoms with Crippen molar-refractivity contribution in [2.45, 2.75) is 57.8 Å². The lowest BCUT2D eigenvalue weighted by atomic mass is 9.65. The summed E-state index contributed by atoms with van der Waals surface area (Å²) in [5.74, 6) is 2.95. The van der Waals surface area contributed by atoms with E-state index < -0.39 is 0 Å². The van der Waals surface area contributed by atoms with Crippen LogP contribution in [0.3, 0.4) is 0 Å². The Kier molecular flexibility index (Phi) is 4.03. The van der Waals surface area contributed by atoms with Gasteiger partial charge in [0.15, 0.2) is 0 Å². The smallest absolute Gasteiger partial charge is 0.141 e. The molecule has 0 aromatic rings. The van der Waals surface area contributed by atoms with E-state index in [0.29, 0.717) is 18.3 Å². The fourth-order valence-corrected chi connectivity index (χ4v) is 4.43. The van der Waals surface area contributed by atoms with Crippen molar-refractivity contribution in [2.75, 3.05) is 13.2 Å². The minimum Gasteiger partial charge on any atom is -0.381 e. The molecule has 1 aliphatic heterocycles. The summed E-state index contributed by atoms with van der Waals surface area (Å²) in [6.07, 6.45) is 11.5. The number of carbonyl (C=O) groups is 1. The SMILES string of the molecule is O=C(C1CCCOC1)C1CCC2CCCCC2C1. The highest BCUT2D eigenvalue weighted by atomic mass is 16.5. The summed E-state index contributed by atoms with van der Waals surface area (Å²) >= 11 is 0. The third-order valence-corrected chi connectivity index (χ3v) is 5.50. The first kappa shape index (κ1) is 12.7. The molecule has 3 aliphatic rings. The summed E-state index contributed by atoms with van der Waals surface area (Å²) in [5, 5.41) is 0. The topological polar surface area (TPSA) is 26.3 Å². The van der Waals surface area contributed by atoms with Gasteiger partial charge in [-0.2, -0.15) is 0 Å². The third kappa shape index (κ3) is 2.64. The number of carbonyl (C=O) groups excluding carboxylic acids is 1. The number of rotatable bonds is 2. The Labute approximate surface area is 110 Å². The van der Waals surface area contributed by atoms with Crippen molar-refractivity contribution in [3.8, 4) is 0 Å². The minimum absolute atomic E-state index is 0.226. The van der Waals surface area contributed by atoms with Crippen LogP contribution in [0.2, 0.25) is 0 Å². The molecule has 2 saturated carbocycles. The first-order valence-corrected chi connectivity index (χ1v) is 7.96. The quantitative estimate of drug-likeness (QED) is 0.748. The van der Waals surface area contributed by atoms with Gasteiger partial charge < -0.3 is 4.74 Å². The normalized spacial score (nSPS) is 41.1. The van der Waals surface area contributed by atoms with Gasteiger partial charge in [-0.15, -0.1) is 0 Å². The van der Waals surface area contributed by atoms with Gasteiger partial charge in [-0.05, 0) is 43.9 Å². The summed E-state index contributed by atoms with van der Waals surface area (Å²) in [6, 6.07) is 0. The van der Waals surface area contributed by atoms with E-state index in [1.807, 2.05) is 0 Å². The molecule has 18 heavy (non-hydrogen) atoms. The molecule has 3 fully saturated rings. The van der Waals surface area contributed by atoms with E-state index in [9.17, 15) is 4.79 Å². The predicted octanol–water partition coefficient (Wildman–Crippen LogP) is 3.59. The van der Waals surface area contributed by atoms with Crippen LogP contribution >= 0.6 is 0 Å². The van der Waals surface area contributed by atoms with Crippen LogP contribution in [0.4, 0.5) is 0 Å². The number of ether oxygens (including phenoxy) is 1. The Bertz CT molecular complexity index is 293. The van der Waals surface area contributed by atoms with E-state index in [4.69, 9.17) is 4.74 Å². The second-order valence-electron chi connectivity index (χ2n) is 6.63. The third-order valence-electron chi connectivity index (χ3n) is 5.50. The van der Waals surface area contributed by atoms with Gasteiger partial charge in [0.2, 0.25) is 0 Å². The monoisotopic (exact) mass is 250 g/mol. The average molecular weight is 250 g/mol. The fourth-order valence-electron chi connectivity index (χ4n) is 4.43. The van der Waals surface area contributed by atoms with Gasteiger partial charge in [0, 0.05) is 18.4 Å². The molecule has 0 aromatic heterocycles. The second kappa shape index (κ2) is 5.73. The van der Waals surface area contributed by atoms with Crippen molar-refractivity contribution < 1.29 is 9.53 Å². The van der Waals surface area contributed by atoms with E-state index in [1.165, 1.54) is 38.5 Å². The lowest BCUT2D eigenvalue weighted by Crippen LogP contribution is -2.36. The Balaban J connectivity index is 1.57. The van der Waals surface area contributed by atoms with Gasteiger partial charge in [0.1, 0.15) is 5.78 Å². The minimum atomic E-state index is 0.226. The van der Waals surface area contributed by atoms with Crippen LogP contribution in [-0.4, -0.2) is 19.0 Å². The van der Waals surface area contributed by atoms with Crippen LogP contribution < -0.4 is 0 Å². The molecule has 0 spiro atoms.